The lowest BCUT2D eigenvalue weighted by molar-refractivity contribution is -0.00000714. The summed E-state index contributed by atoms with van der Waals surface area (Å²) in [7, 11) is -2.21. The molecule has 3 nitrogen and oxygen atoms in total. The molecule has 0 N–H and O–H groups in total. The molecule has 3 aromatic heterocycles. The van der Waals surface area contributed by atoms with E-state index in [-0.39, 0.29) is 17.0 Å². The van der Waals surface area contributed by atoms with Gasteiger partial charge in [-0.1, -0.05) is 30.3 Å². The van der Waals surface area contributed by atoms with Crippen molar-refractivity contribution in [3.05, 3.63) is 89.6 Å². The second kappa shape index (κ2) is 7.92. The zero-order valence-electron chi connectivity index (χ0n) is 15.6. The predicted octanol–water partition coefficient (Wildman–Crippen LogP) is 1.89. The van der Waals surface area contributed by atoms with Gasteiger partial charge in [0.25, 0.3) is 16.5 Å². The molecule has 0 saturated carbocycles. The molecular formula is C22H22BrO3P. The highest BCUT2D eigenvalue weighted by Crippen LogP contribution is 2.59. The number of aryl methyl sites for hydroxylation is 3. The number of halogens is 1. The summed E-state index contributed by atoms with van der Waals surface area (Å²) < 4.78 is 18.5. The number of hydrogen-bond donors (Lipinski definition) is 0. The van der Waals surface area contributed by atoms with E-state index in [1.54, 1.807) is 0 Å². The van der Waals surface area contributed by atoms with E-state index < -0.39 is 7.26 Å². The number of benzene rings is 1. The highest BCUT2D eigenvalue weighted by molar-refractivity contribution is 7.94. The minimum atomic E-state index is -2.21. The van der Waals surface area contributed by atoms with Crippen molar-refractivity contribution in [1.29, 1.82) is 0 Å². The summed E-state index contributed by atoms with van der Waals surface area (Å²) >= 11 is 0. The molecular weight excluding hydrogens is 423 g/mol. The molecule has 0 saturated heterocycles. The summed E-state index contributed by atoms with van der Waals surface area (Å²) in [5.41, 5.74) is 4.03. The summed E-state index contributed by atoms with van der Waals surface area (Å²) in [6, 6.07) is 22.7. The Labute approximate surface area is 170 Å². The fourth-order valence-corrected chi connectivity index (χ4v) is 7.06. The van der Waals surface area contributed by atoms with Gasteiger partial charge in [-0.3, -0.25) is 0 Å². The van der Waals surface area contributed by atoms with E-state index >= 15 is 0 Å². The molecule has 0 spiro atoms. The van der Waals surface area contributed by atoms with Gasteiger partial charge in [0.15, 0.2) is 0 Å². The fourth-order valence-electron chi connectivity index (χ4n) is 3.30. The first-order valence-electron chi connectivity index (χ1n) is 8.71. The molecule has 0 aliphatic rings. The van der Waals surface area contributed by atoms with Gasteiger partial charge in [-0.25, -0.2) is 0 Å². The van der Waals surface area contributed by atoms with Crippen LogP contribution in [0.2, 0.25) is 0 Å². The van der Waals surface area contributed by atoms with Gasteiger partial charge < -0.3 is 30.2 Å². The van der Waals surface area contributed by atoms with Crippen LogP contribution in [-0.2, 0) is 6.16 Å². The van der Waals surface area contributed by atoms with Gasteiger partial charge in [0.1, 0.15) is 23.4 Å². The first kappa shape index (κ1) is 19.7. The predicted molar refractivity (Wildman–Crippen MR) is 106 cm³/mol. The third-order valence-corrected chi connectivity index (χ3v) is 8.39. The Hall–Kier alpha value is -2.03. The second-order valence-electron chi connectivity index (χ2n) is 6.61. The molecule has 5 heteroatoms. The monoisotopic (exact) mass is 444 g/mol. The van der Waals surface area contributed by atoms with Crippen molar-refractivity contribution in [2.45, 2.75) is 26.9 Å². The summed E-state index contributed by atoms with van der Waals surface area (Å²) in [5.74, 6) is 2.68. The van der Waals surface area contributed by atoms with Crippen molar-refractivity contribution in [3.8, 4) is 0 Å². The molecule has 0 radical (unpaired) electrons. The Morgan fingerprint density at radius 1 is 0.593 bits per heavy atom. The topological polar surface area (TPSA) is 39.4 Å². The molecule has 0 atom stereocenters. The van der Waals surface area contributed by atoms with E-state index in [0.29, 0.717) is 0 Å². The average Bonchev–Trinajstić information content (AvgIpc) is 3.36. The number of rotatable bonds is 5. The molecule has 0 unspecified atom stereocenters. The highest BCUT2D eigenvalue weighted by atomic mass is 79.9. The van der Waals surface area contributed by atoms with E-state index in [1.807, 2.05) is 45.0 Å². The van der Waals surface area contributed by atoms with Crippen LogP contribution in [0.5, 0.6) is 0 Å². The molecule has 0 fully saturated rings. The molecule has 4 aromatic rings. The third kappa shape index (κ3) is 3.69. The highest BCUT2D eigenvalue weighted by Gasteiger charge is 2.54. The van der Waals surface area contributed by atoms with Crippen LogP contribution in [0.15, 0.2) is 80.0 Å². The molecule has 140 valence electrons. The minimum absolute atomic E-state index is 0. The standard InChI is InChI=1S/C22H22O3P.BrH/c1-16-9-12-20(23-16)26(21-13-10-17(2)24-21,22-14-11-18(3)25-22)15-19-7-5-4-6-8-19;/h4-14H,15H2,1-3H3;1H/q+1;/p-1. The van der Waals surface area contributed by atoms with Gasteiger partial charge >= 0.3 is 0 Å². The second-order valence-corrected chi connectivity index (χ2v) is 9.86. The summed E-state index contributed by atoms with van der Waals surface area (Å²) in [4.78, 5) is 0. The summed E-state index contributed by atoms with van der Waals surface area (Å²) in [6.45, 7) is 5.92. The third-order valence-electron chi connectivity index (χ3n) is 4.57. The van der Waals surface area contributed by atoms with Crippen LogP contribution in [0.4, 0.5) is 0 Å². The summed E-state index contributed by atoms with van der Waals surface area (Å²) in [5, 5.41) is 0. The Morgan fingerprint density at radius 2 is 1.00 bits per heavy atom. The lowest BCUT2D eigenvalue weighted by Gasteiger charge is -2.19. The first-order valence-corrected chi connectivity index (χ1v) is 10.7. The van der Waals surface area contributed by atoms with Crippen LogP contribution in [-0.4, -0.2) is 0 Å². The van der Waals surface area contributed by atoms with Crippen molar-refractivity contribution < 1.29 is 30.2 Å². The van der Waals surface area contributed by atoms with Crippen molar-refractivity contribution in [3.63, 3.8) is 0 Å². The number of furan rings is 3. The van der Waals surface area contributed by atoms with Crippen LogP contribution >= 0.6 is 7.26 Å². The Balaban J connectivity index is 0.00000210. The molecule has 0 bridgehead atoms. The minimum Gasteiger partial charge on any atom is -1.00 e. The van der Waals surface area contributed by atoms with Gasteiger partial charge in [0.05, 0.1) is 0 Å². The van der Waals surface area contributed by atoms with E-state index in [4.69, 9.17) is 13.3 Å². The van der Waals surface area contributed by atoms with Gasteiger partial charge in [-0.05, 0) is 44.5 Å². The van der Waals surface area contributed by atoms with E-state index in [9.17, 15) is 0 Å². The number of hydrogen-bond acceptors (Lipinski definition) is 3. The molecule has 4 rings (SSSR count). The van der Waals surface area contributed by atoms with Crippen LogP contribution in [0, 0.1) is 20.8 Å². The largest absolute Gasteiger partial charge is 1.00 e. The molecule has 27 heavy (non-hydrogen) atoms. The van der Waals surface area contributed by atoms with Crippen LogP contribution < -0.4 is 33.5 Å². The smallest absolute Gasteiger partial charge is 0.263 e. The Morgan fingerprint density at radius 3 is 1.33 bits per heavy atom. The van der Waals surface area contributed by atoms with Crippen LogP contribution in [0.1, 0.15) is 22.8 Å². The SMILES string of the molecule is Cc1ccc([P+](Cc2ccccc2)(c2ccc(C)o2)c2ccc(C)o2)o1.[Br-]. The van der Waals surface area contributed by atoms with Gasteiger partial charge in [0, 0.05) is 18.2 Å². The average molecular weight is 445 g/mol. The van der Waals surface area contributed by atoms with Crippen molar-refractivity contribution in [2.75, 3.05) is 0 Å². The summed E-state index contributed by atoms with van der Waals surface area (Å²) in [6.07, 6.45) is 0.792. The molecule has 0 amide bonds. The van der Waals surface area contributed by atoms with E-state index in [0.717, 1.165) is 39.9 Å². The maximum atomic E-state index is 6.18. The zero-order valence-corrected chi connectivity index (χ0v) is 18.1. The maximum Gasteiger partial charge on any atom is 0.263 e. The first-order chi connectivity index (χ1) is 12.6. The lowest BCUT2D eigenvalue weighted by atomic mass is 10.2. The zero-order chi connectivity index (χ0) is 18.1. The van der Waals surface area contributed by atoms with Crippen molar-refractivity contribution in [1.82, 2.24) is 0 Å². The van der Waals surface area contributed by atoms with Gasteiger partial charge in [-0.15, -0.1) is 0 Å². The van der Waals surface area contributed by atoms with Gasteiger partial charge in [-0.2, -0.15) is 0 Å². The molecule has 0 aliphatic heterocycles. The molecule has 3 heterocycles. The van der Waals surface area contributed by atoms with Crippen molar-refractivity contribution >= 4 is 23.8 Å². The quantitative estimate of drug-likeness (QED) is 0.441. The van der Waals surface area contributed by atoms with Crippen LogP contribution in [0.3, 0.4) is 0 Å². The van der Waals surface area contributed by atoms with Crippen molar-refractivity contribution in [2.24, 2.45) is 0 Å². The molecule has 0 aliphatic carbocycles. The fraction of sp³-hybridized carbons (Fsp3) is 0.182. The Kier molecular flexibility index (Phi) is 5.78. The van der Waals surface area contributed by atoms with Crippen LogP contribution in [0.25, 0.3) is 0 Å². The normalized spacial score (nSPS) is 11.4. The van der Waals surface area contributed by atoms with E-state index in [1.165, 1.54) is 5.56 Å². The maximum absolute atomic E-state index is 6.18. The lowest BCUT2D eigenvalue weighted by Crippen LogP contribution is -3.00. The van der Waals surface area contributed by atoms with Gasteiger partial charge in [0.2, 0.25) is 7.26 Å². The van der Waals surface area contributed by atoms with E-state index in [2.05, 4.69) is 42.5 Å². The Bertz CT molecular complexity index is 915. The molecule has 1 aromatic carbocycles.